The average molecular weight is 461 g/mol. The Hall–Kier alpha value is -3.30. The van der Waals surface area contributed by atoms with E-state index in [1.807, 2.05) is 0 Å². The molecule has 0 saturated carbocycles. The first-order valence-corrected chi connectivity index (χ1v) is 11.3. The summed E-state index contributed by atoms with van der Waals surface area (Å²) in [5, 5.41) is 2.27. The molecule has 6 nitrogen and oxygen atoms in total. The van der Waals surface area contributed by atoms with Crippen LogP contribution >= 0.6 is 0 Å². The molecule has 0 spiro atoms. The molecule has 0 fully saturated rings. The van der Waals surface area contributed by atoms with Crippen molar-refractivity contribution in [1.29, 1.82) is 0 Å². The molecule has 3 aromatic rings. The first kappa shape index (κ1) is 23.4. The smallest absolute Gasteiger partial charge is 0.242 e. The molecule has 1 atom stereocenters. The first-order valence-electron chi connectivity index (χ1n) is 9.83. The van der Waals surface area contributed by atoms with Gasteiger partial charge in [0, 0.05) is 6.07 Å². The van der Waals surface area contributed by atoms with Crippen LogP contribution < -0.4 is 14.8 Å². The topological polar surface area (TPSA) is 84.5 Å². The van der Waals surface area contributed by atoms with Gasteiger partial charge in [-0.1, -0.05) is 30.3 Å². The van der Waals surface area contributed by atoms with Crippen LogP contribution in [0.2, 0.25) is 0 Å². The van der Waals surface area contributed by atoms with Gasteiger partial charge in [0.2, 0.25) is 15.9 Å². The number of hydrogen-bond acceptors (Lipinski definition) is 4. The maximum atomic E-state index is 14.0. The van der Waals surface area contributed by atoms with Crippen LogP contribution in [0.25, 0.3) is 0 Å². The normalized spacial score (nSPS) is 12.2. The zero-order valence-corrected chi connectivity index (χ0v) is 18.0. The summed E-state index contributed by atoms with van der Waals surface area (Å²) in [6.45, 7) is 2.24. The number of amides is 1. The second kappa shape index (κ2) is 10.3. The maximum absolute atomic E-state index is 14.0. The Kier molecular flexibility index (Phi) is 7.55. The van der Waals surface area contributed by atoms with Crippen molar-refractivity contribution in [2.75, 3.05) is 11.9 Å². The number of carbonyl (C=O) groups excluding carboxylic acids is 1. The molecule has 0 aliphatic rings. The van der Waals surface area contributed by atoms with Crippen molar-refractivity contribution in [3.05, 3.63) is 90.0 Å². The van der Waals surface area contributed by atoms with Crippen LogP contribution in [0, 0.1) is 11.6 Å². The molecule has 0 aliphatic heterocycles. The van der Waals surface area contributed by atoms with E-state index in [2.05, 4.69) is 10.0 Å². The van der Waals surface area contributed by atoms with Gasteiger partial charge in [0.1, 0.15) is 23.4 Å². The Morgan fingerprint density at radius 3 is 2.34 bits per heavy atom. The van der Waals surface area contributed by atoms with Gasteiger partial charge in [-0.15, -0.1) is 0 Å². The van der Waals surface area contributed by atoms with Gasteiger partial charge in [0.15, 0.2) is 0 Å². The highest BCUT2D eigenvalue weighted by Gasteiger charge is 2.27. The predicted molar refractivity (Wildman–Crippen MR) is 117 cm³/mol. The molecule has 3 aromatic carbocycles. The monoisotopic (exact) mass is 460 g/mol. The van der Waals surface area contributed by atoms with Gasteiger partial charge in [0.05, 0.1) is 17.2 Å². The highest BCUT2D eigenvalue weighted by molar-refractivity contribution is 7.89. The van der Waals surface area contributed by atoms with Crippen LogP contribution in [0.5, 0.6) is 5.75 Å². The lowest BCUT2D eigenvalue weighted by molar-refractivity contribution is -0.117. The lowest BCUT2D eigenvalue weighted by Gasteiger charge is -2.19. The number of rotatable bonds is 9. The summed E-state index contributed by atoms with van der Waals surface area (Å²) in [6.07, 6.45) is -0.000131. The van der Waals surface area contributed by atoms with E-state index in [1.54, 1.807) is 37.3 Å². The fourth-order valence-corrected chi connectivity index (χ4v) is 4.18. The minimum Gasteiger partial charge on any atom is -0.494 e. The summed E-state index contributed by atoms with van der Waals surface area (Å²) in [4.78, 5) is 12.8. The zero-order valence-electron chi connectivity index (χ0n) is 17.2. The summed E-state index contributed by atoms with van der Waals surface area (Å²) >= 11 is 0. The Morgan fingerprint density at radius 2 is 1.69 bits per heavy atom. The lowest BCUT2D eigenvalue weighted by Crippen LogP contribution is -2.45. The largest absolute Gasteiger partial charge is 0.494 e. The highest BCUT2D eigenvalue weighted by atomic mass is 32.2. The Balaban J connectivity index is 1.86. The molecule has 0 radical (unpaired) electrons. The lowest BCUT2D eigenvalue weighted by atomic mass is 10.1. The SMILES string of the molecule is CCOc1ccc(S(=O)(=O)N[C@@H](Cc2ccccc2)C(=O)Nc2cc(F)ccc2F)cc1. The van der Waals surface area contributed by atoms with Crippen molar-refractivity contribution in [3.63, 3.8) is 0 Å². The number of benzene rings is 3. The van der Waals surface area contributed by atoms with Gasteiger partial charge in [-0.2, -0.15) is 4.72 Å². The molecule has 32 heavy (non-hydrogen) atoms. The zero-order chi connectivity index (χ0) is 23.1. The summed E-state index contributed by atoms with van der Waals surface area (Å²) in [7, 11) is -4.10. The van der Waals surface area contributed by atoms with Crippen molar-refractivity contribution >= 4 is 21.6 Å². The fourth-order valence-electron chi connectivity index (χ4n) is 2.99. The average Bonchev–Trinajstić information content (AvgIpc) is 2.77. The van der Waals surface area contributed by atoms with Crippen molar-refractivity contribution in [2.45, 2.75) is 24.3 Å². The number of hydrogen-bond donors (Lipinski definition) is 2. The summed E-state index contributed by atoms with van der Waals surface area (Å²) < 4.78 is 61.0. The minimum absolute atomic E-state index is 0.000131. The molecule has 1 amide bonds. The van der Waals surface area contributed by atoms with Crippen LogP contribution in [-0.2, 0) is 21.2 Å². The van der Waals surface area contributed by atoms with E-state index in [-0.39, 0.29) is 17.0 Å². The molecule has 0 aliphatic carbocycles. The van der Waals surface area contributed by atoms with Gasteiger partial charge in [-0.3, -0.25) is 4.79 Å². The maximum Gasteiger partial charge on any atom is 0.242 e. The molecule has 0 unspecified atom stereocenters. The Morgan fingerprint density at radius 1 is 1.00 bits per heavy atom. The van der Waals surface area contributed by atoms with Crippen LogP contribution in [0.15, 0.2) is 77.7 Å². The number of anilines is 1. The number of carbonyl (C=O) groups is 1. The van der Waals surface area contributed by atoms with Crippen LogP contribution in [-0.4, -0.2) is 27.0 Å². The quantitative estimate of drug-likeness (QED) is 0.507. The molecule has 0 aromatic heterocycles. The van der Waals surface area contributed by atoms with E-state index in [9.17, 15) is 22.0 Å². The second-order valence-corrected chi connectivity index (χ2v) is 8.60. The van der Waals surface area contributed by atoms with E-state index >= 15 is 0 Å². The van der Waals surface area contributed by atoms with Crippen molar-refractivity contribution in [1.82, 2.24) is 4.72 Å². The molecule has 0 heterocycles. The van der Waals surface area contributed by atoms with Gasteiger partial charge in [-0.25, -0.2) is 17.2 Å². The molecule has 9 heteroatoms. The van der Waals surface area contributed by atoms with E-state index in [0.717, 1.165) is 18.2 Å². The molecular formula is C23H22F2N2O4S. The number of ether oxygens (including phenoxy) is 1. The van der Waals surface area contributed by atoms with Crippen LogP contribution in [0.4, 0.5) is 14.5 Å². The van der Waals surface area contributed by atoms with Crippen molar-refractivity contribution in [2.24, 2.45) is 0 Å². The molecule has 3 rings (SSSR count). The van der Waals surface area contributed by atoms with E-state index in [4.69, 9.17) is 4.74 Å². The van der Waals surface area contributed by atoms with Gasteiger partial charge >= 0.3 is 0 Å². The van der Waals surface area contributed by atoms with E-state index in [0.29, 0.717) is 17.9 Å². The Bertz CT molecular complexity index is 1170. The number of sulfonamides is 1. The molecule has 168 valence electrons. The first-order chi connectivity index (χ1) is 15.3. The van der Waals surface area contributed by atoms with Gasteiger partial charge in [0.25, 0.3) is 0 Å². The van der Waals surface area contributed by atoms with Crippen molar-refractivity contribution < 1.29 is 26.7 Å². The second-order valence-electron chi connectivity index (χ2n) is 6.88. The summed E-state index contributed by atoms with van der Waals surface area (Å²) in [6, 6.07) is 15.8. The van der Waals surface area contributed by atoms with Crippen molar-refractivity contribution in [3.8, 4) is 5.75 Å². The summed E-state index contributed by atoms with van der Waals surface area (Å²) in [5.74, 6) is -1.90. The van der Waals surface area contributed by atoms with Crippen LogP contribution in [0.1, 0.15) is 12.5 Å². The predicted octanol–water partition coefficient (Wildman–Crippen LogP) is 3.89. The highest BCUT2D eigenvalue weighted by Crippen LogP contribution is 2.19. The summed E-state index contributed by atoms with van der Waals surface area (Å²) in [5.41, 5.74) is 0.301. The minimum atomic E-state index is -4.10. The fraction of sp³-hybridized carbons (Fsp3) is 0.174. The third kappa shape index (κ3) is 6.12. The molecule has 0 bridgehead atoms. The van der Waals surface area contributed by atoms with E-state index in [1.165, 1.54) is 24.3 Å². The van der Waals surface area contributed by atoms with E-state index < -0.39 is 33.6 Å². The molecule has 0 saturated heterocycles. The number of halogens is 2. The third-order valence-corrected chi connectivity index (χ3v) is 6.02. The standard InChI is InChI=1S/C23H22F2N2O4S/c1-2-31-18-9-11-19(12-10-18)32(29,30)27-22(14-16-6-4-3-5-7-16)23(28)26-21-15-17(24)8-13-20(21)25/h3-13,15,22,27H,2,14H2,1H3,(H,26,28)/t22-/m0/s1. The molecular weight excluding hydrogens is 438 g/mol. The van der Waals surface area contributed by atoms with Gasteiger partial charge in [-0.05, 0) is 55.3 Å². The molecule has 2 N–H and O–H groups in total. The Labute approximate surface area is 185 Å². The third-order valence-electron chi connectivity index (χ3n) is 4.53. The number of nitrogens with one attached hydrogen (secondary N) is 2. The van der Waals surface area contributed by atoms with Crippen LogP contribution in [0.3, 0.4) is 0 Å². The van der Waals surface area contributed by atoms with Gasteiger partial charge < -0.3 is 10.1 Å².